The monoisotopic (exact) mass is 445 g/mol. The van der Waals surface area contributed by atoms with Gasteiger partial charge in [0.25, 0.3) is 0 Å². The molecule has 6 rings (SSSR count). The van der Waals surface area contributed by atoms with Gasteiger partial charge in [-0.25, -0.2) is 0 Å². The summed E-state index contributed by atoms with van der Waals surface area (Å²) >= 11 is 0. The van der Waals surface area contributed by atoms with Crippen LogP contribution in [0.15, 0.2) is 60.7 Å². The Balaban J connectivity index is 1.67. The highest BCUT2D eigenvalue weighted by Gasteiger charge is 2.68. The minimum Gasteiger partial charge on any atom is -0.369 e. The van der Waals surface area contributed by atoms with Crippen molar-refractivity contribution in [3.8, 4) is 0 Å². The van der Waals surface area contributed by atoms with Crippen LogP contribution in [-0.4, -0.2) is 41.0 Å². The van der Waals surface area contributed by atoms with Crippen LogP contribution < -0.4 is 11.1 Å². The Morgan fingerprint density at radius 2 is 1.64 bits per heavy atom. The minimum atomic E-state index is -0.125. The molecule has 3 N–H and O–H groups in total. The molecule has 0 spiro atoms. The Bertz CT molecular complexity index is 918. The van der Waals surface area contributed by atoms with Crippen LogP contribution in [0.25, 0.3) is 0 Å². The number of carbonyl (C=O) groups excluding carboxylic acids is 1. The van der Waals surface area contributed by atoms with Gasteiger partial charge in [-0.05, 0) is 54.6 Å². The predicted octanol–water partition coefficient (Wildman–Crippen LogP) is 4.04. The van der Waals surface area contributed by atoms with E-state index in [4.69, 9.17) is 5.73 Å². The third kappa shape index (κ3) is 3.81. The minimum absolute atomic E-state index is 0.0136. The molecule has 0 aromatic heterocycles. The summed E-state index contributed by atoms with van der Waals surface area (Å²) in [7, 11) is 0. The second-order valence-corrected chi connectivity index (χ2v) is 11.1. The molecule has 3 aliphatic heterocycles. The smallest absolute Gasteiger partial charge is 0.223 e. The van der Waals surface area contributed by atoms with Crippen LogP contribution in [0, 0.1) is 23.7 Å². The lowest BCUT2D eigenvalue weighted by Gasteiger charge is -2.52. The van der Waals surface area contributed by atoms with Crippen molar-refractivity contribution in [3.63, 3.8) is 0 Å². The van der Waals surface area contributed by atoms with Crippen molar-refractivity contribution >= 4 is 5.91 Å². The van der Waals surface area contributed by atoms with E-state index in [2.05, 4.69) is 91.7 Å². The number of nitrogens with two attached hydrogens (primary N) is 1. The van der Waals surface area contributed by atoms with E-state index in [0.29, 0.717) is 23.8 Å². The molecule has 4 fully saturated rings. The molecule has 2 aromatic carbocycles. The number of benzene rings is 2. The van der Waals surface area contributed by atoms with Crippen LogP contribution in [-0.2, 0) is 17.6 Å². The number of piperidine rings is 2. The molecule has 0 radical (unpaired) electrons. The molecule has 3 heterocycles. The van der Waals surface area contributed by atoms with Crippen LogP contribution >= 0.6 is 0 Å². The number of amides is 1. The fourth-order valence-corrected chi connectivity index (χ4v) is 7.74. The standard InChI is InChI=1S/C29H39N3O/c1-4-23-25-22-15-24(31-23)26(28(30)33)27(25)32(18-19(2)3)29(22,16-20-11-7-5-8-12-20)17-21-13-9-6-10-14-21/h5-14,19,22-27,31H,4,15-18H2,1-3H3,(H2,30,33). The molecular weight excluding hydrogens is 406 g/mol. The topological polar surface area (TPSA) is 58.4 Å². The normalized spacial score (nSPS) is 32.4. The zero-order valence-electron chi connectivity index (χ0n) is 20.3. The number of fused-ring (bicyclic) bond motifs is 1. The second-order valence-electron chi connectivity index (χ2n) is 11.1. The highest BCUT2D eigenvalue weighted by atomic mass is 16.1. The lowest BCUT2D eigenvalue weighted by atomic mass is 9.59. The van der Waals surface area contributed by atoms with Gasteiger partial charge in [-0.3, -0.25) is 9.69 Å². The van der Waals surface area contributed by atoms with Gasteiger partial charge in [0, 0.05) is 30.2 Å². The summed E-state index contributed by atoms with van der Waals surface area (Å²) in [5.41, 5.74) is 8.87. The first kappa shape index (κ1) is 22.6. The first-order valence-corrected chi connectivity index (χ1v) is 12.8. The van der Waals surface area contributed by atoms with Gasteiger partial charge >= 0.3 is 0 Å². The highest BCUT2D eigenvalue weighted by molar-refractivity contribution is 5.79. The average Bonchev–Trinajstić information content (AvgIpc) is 3.00. The van der Waals surface area contributed by atoms with Crippen LogP contribution in [0.3, 0.4) is 0 Å². The number of likely N-dealkylation sites (tertiary alicyclic amines) is 1. The van der Waals surface area contributed by atoms with Crippen molar-refractivity contribution in [3.05, 3.63) is 71.8 Å². The molecular formula is C29H39N3O. The highest BCUT2D eigenvalue weighted by Crippen LogP contribution is 2.59. The lowest BCUT2D eigenvalue weighted by Crippen LogP contribution is -2.67. The molecule has 33 heavy (non-hydrogen) atoms. The van der Waals surface area contributed by atoms with Gasteiger partial charge in [0.05, 0.1) is 5.92 Å². The summed E-state index contributed by atoms with van der Waals surface area (Å²) in [5, 5.41) is 3.85. The van der Waals surface area contributed by atoms with Gasteiger partial charge in [0.15, 0.2) is 0 Å². The van der Waals surface area contributed by atoms with Gasteiger partial charge in [-0.1, -0.05) is 81.4 Å². The largest absolute Gasteiger partial charge is 0.369 e. The summed E-state index contributed by atoms with van der Waals surface area (Å²) in [5.74, 6) is 1.30. The van der Waals surface area contributed by atoms with Crippen molar-refractivity contribution in [1.82, 2.24) is 10.2 Å². The zero-order chi connectivity index (χ0) is 23.2. The first-order chi connectivity index (χ1) is 15.9. The molecule has 6 atom stereocenters. The number of rotatable bonds is 8. The maximum absolute atomic E-state index is 12.8. The zero-order valence-corrected chi connectivity index (χ0v) is 20.3. The van der Waals surface area contributed by atoms with Crippen molar-refractivity contribution in [1.29, 1.82) is 0 Å². The SMILES string of the molecule is CCC1NC2CC3C1C(C2C(N)=O)N(CC(C)C)C3(Cc1ccccc1)Cc1ccccc1. The van der Waals surface area contributed by atoms with E-state index >= 15 is 0 Å². The number of primary amides is 1. The van der Waals surface area contributed by atoms with E-state index in [1.54, 1.807) is 0 Å². The molecule has 1 amide bonds. The number of hydrogen-bond donors (Lipinski definition) is 2. The van der Waals surface area contributed by atoms with Crippen LogP contribution in [0.4, 0.5) is 0 Å². The third-order valence-electron chi connectivity index (χ3n) is 8.72. The van der Waals surface area contributed by atoms with Crippen molar-refractivity contribution < 1.29 is 4.79 Å². The second kappa shape index (κ2) is 8.88. The van der Waals surface area contributed by atoms with E-state index in [9.17, 15) is 4.79 Å². The van der Waals surface area contributed by atoms with E-state index in [-0.39, 0.29) is 29.4 Å². The van der Waals surface area contributed by atoms with E-state index < -0.39 is 0 Å². The Morgan fingerprint density at radius 1 is 1.06 bits per heavy atom. The summed E-state index contributed by atoms with van der Waals surface area (Å²) in [4.78, 5) is 15.6. The third-order valence-corrected chi connectivity index (χ3v) is 8.72. The van der Waals surface area contributed by atoms with E-state index in [1.807, 2.05) is 0 Å². The molecule has 176 valence electrons. The predicted molar refractivity (Wildman–Crippen MR) is 134 cm³/mol. The molecule has 4 heteroatoms. The average molecular weight is 446 g/mol. The lowest BCUT2D eigenvalue weighted by molar-refractivity contribution is -0.129. The summed E-state index contributed by atoms with van der Waals surface area (Å²) in [6, 6.07) is 22.8. The summed E-state index contributed by atoms with van der Waals surface area (Å²) in [6.07, 6.45) is 4.17. The van der Waals surface area contributed by atoms with Crippen molar-refractivity contribution in [2.45, 2.75) is 70.1 Å². The number of hydrogen-bond acceptors (Lipinski definition) is 3. The fraction of sp³-hybridized carbons (Fsp3) is 0.552. The van der Waals surface area contributed by atoms with Gasteiger partial charge in [-0.15, -0.1) is 0 Å². The molecule has 6 unspecified atom stereocenters. The number of nitrogens with one attached hydrogen (secondary N) is 1. The van der Waals surface area contributed by atoms with Crippen molar-refractivity contribution in [2.24, 2.45) is 29.4 Å². The summed E-state index contributed by atoms with van der Waals surface area (Å²) < 4.78 is 0. The van der Waals surface area contributed by atoms with Crippen LogP contribution in [0.5, 0.6) is 0 Å². The van der Waals surface area contributed by atoms with E-state index in [1.165, 1.54) is 11.1 Å². The maximum atomic E-state index is 12.8. The van der Waals surface area contributed by atoms with Gasteiger partial charge in [0.1, 0.15) is 0 Å². The first-order valence-electron chi connectivity index (χ1n) is 12.8. The molecule has 4 aliphatic rings. The molecule has 4 nitrogen and oxygen atoms in total. The Hall–Kier alpha value is -2.17. The quantitative estimate of drug-likeness (QED) is 0.645. The Kier molecular flexibility index (Phi) is 6.09. The fourth-order valence-electron chi connectivity index (χ4n) is 7.74. The van der Waals surface area contributed by atoms with Gasteiger partial charge in [0.2, 0.25) is 5.91 Å². The van der Waals surface area contributed by atoms with Crippen LogP contribution in [0.2, 0.25) is 0 Å². The van der Waals surface area contributed by atoms with Gasteiger partial charge < -0.3 is 11.1 Å². The summed E-state index contributed by atoms with van der Waals surface area (Å²) in [6.45, 7) is 7.92. The van der Waals surface area contributed by atoms with Crippen molar-refractivity contribution in [2.75, 3.05) is 6.54 Å². The van der Waals surface area contributed by atoms with Crippen LogP contribution in [0.1, 0.15) is 44.7 Å². The molecule has 3 saturated heterocycles. The number of carbonyl (C=O) groups is 1. The Morgan fingerprint density at radius 3 is 2.12 bits per heavy atom. The van der Waals surface area contributed by atoms with E-state index in [0.717, 1.165) is 32.2 Å². The molecule has 2 aromatic rings. The van der Waals surface area contributed by atoms with Gasteiger partial charge in [-0.2, -0.15) is 0 Å². The molecule has 1 saturated carbocycles. The molecule has 4 bridgehead atoms. The molecule has 1 aliphatic carbocycles. The maximum Gasteiger partial charge on any atom is 0.223 e. The number of nitrogens with zero attached hydrogens (tertiary/aromatic N) is 1. The Labute approximate surface area is 198 Å².